The lowest BCUT2D eigenvalue weighted by atomic mass is 10.2. The van der Waals surface area contributed by atoms with Gasteiger partial charge < -0.3 is 15.4 Å². The Labute approximate surface area is 179 Å². The quantitative estimate of drug-likeness (QED) is 0.569. The summed E-state index contributed by atoms with van der Waals surface area (Å²) in [6.07, 6.45) is 2.30. The Morgan fingerprint density at radius 1 is 1.10 bits per heavy atom. The second kappa shape index (κ2) is 9.09. The van der Waals surface area contributed by atoms with E-state index in [4.69, 9.17) is 4.74 Å². The molecule has 7 heteroatoms. The van der Waals surface area contributed by atoms with Gasteiger partial charge in [-0.2, -0.15) is 0 Å². The molecule has 1 aliphatic carbocycles. The number of thiazole rings is 1. The van der Waals surface area contributed by atoms with Gasteiger partial charge in [-0.3, -0.25) is 9.59 Å². The molecule has 3 aromatic rings. The maximum atomic E-state index is 12.4. The first kappa shape index (κ1) is 20.1. The van der Waals surface area contributed by atoms with E-state index in [-0.39, 0.29) is 18.2 Å². The van der Waals surface area contributed by atoms with Crippen molar-refractivity contribution in [1.82, 2.24) is 10.3 Å². The number of ether oxygens (including phenoxy) is 1. The normalized spacial score (nSPS) is 13.0. The Morgan fingerprint density at radius 3 is 2.50 bits per heavy atom. The van der Waals surface area contributed by atoms with Gasteiger partial charge in [-0.1, -0.05) is 0 Å². The molecule has 154 valence electrons. The highest BCUT2D eigenvalue weighted by Gasteiger charge is 2.23. The predicted octanol–water partition coefficient (Wildman–Crippen LogP) is 4.28. The second-order valence-corrected chi connectivity index (χ2v) is 8.01. The molecule has 2 aromatic carbocycles. The summed E-state index contributed by atoms with van der Waals surface area (Å²) in [5.74, 6) is 0.613. The van der Waals surface area contributed by atoms with E-state index in [0.29, 0.717) is 23.9 Å². The minimum absolute atomic E-state index is 0.0698. The van der Waals surface area contributed by atoms with E-state index < -0.39 is 0 Å². The molecule has 0 aliphatic heterocycles. The van der Waals surface area contributed by atoms with Gasteiger partial charge in [-0.05, 0) is 68.3 Å². The van der Waals surface area contributed by atoms with E-state index in [1.54, 1.807) is 24.3 Å². The molecule has 1 fully saturated rings. The number of hydrogen-bond donors (Lipinski definition) is 2. The maximum absolute atomic E-state index is 12.4. The third-order valence-corrected chi connectivity index (χ3v) is 5.59. The lowest BCUT2D eigenvalue weighted by Gasteiger charge is -2.06. The zero-order chi connectivity index (χ0) is 20.9. The largest absolute Gasteiger partial charge is 0.494 e. The molecule has 1 heterocycles. The predicted molar refractivity (Wildman–Crippen MR) is 118 cm³/mol. The molecule has 0 atom stereocenters. The summed E-state index contributed by atoms with van der Waals surface area (Å²) in [7, 11) is 0. The molecular formula is C23H23N3O3S. The van der Waals surface area contributed by atoms with Crippen molar-refractivity contribution in [2.24, 2.45) is 0 Å². The van der Waals surface area contributed by atoms with Crippen LogP contribution in [0.3, 0.4) is 0 Å². The van der Waals surface area contributed by atoms with E-state index in [9.17, 15) is 9.59 Å². The lowest BCUT2D eigenvalue weighted by Crippen LogP contribution is -2.25. The molecule has 6 nitrogen and oxygen atoms in total. The van der Waals surface area contributed by atoms with Gasteiger partial charge in [0, 0.05) is 28.2 Å². The molecule has 4 rings (SSSR count). The van der Waals surface area contributed by atoms with Crippen molar-refractivity contribution < 1.29 is 14.3 Å². The van der Waals surface area contributed by atoms with Crippen LogP contribution in [0.1, 0.15) is 35.8 Å². The molecule has 1 aliphatic rings. The summed E-state index contributed by atoms with van der Waals surface area (Å²) in [5, 5.41) is 8.57. The summed E-state index contributed by atoms with van der Waals surface area (Å²) in [6, 6.07) is 15.0. The van der Waals surface area contributed by atoms with Crippen molar-refractivity contribution in [3.63, 3.8) is 0 Å². The number of hydrogen-bond acceptors (Lipinski definition) is 5. The van der Waals surface area contributed by atoms with Gasteiger partial charge in [0.1, 0.15) is 10.8 Å². The topological polar surface area (TPSA) is 80.3 Å². The third-order valence-electron chi connectivity index (χ3n) is 4.65. The van der Waals surface area contributed by atoms with Gasteiger partial charge in [0.25, 0.3) is 5.91 Å². The van der Waals surface area contributed by atoms with Crippen LogP contribution in [0.5, 0.6) is 5.75 Å². The SMILES string of the molecule is CCOc1ccc(-c2nc(CC(=O)Nc3ccc(C(=O)NC4CC4)cc3)cs2)cc1. The highest BCUT2D eigenvalue weighted by atomic mass is 32.1. The maximum Gasteiger partial charge on any atom is 0.251 e. The smallest absolute Gasteiger partial charge is 0.251 e. The van der Waals surface area contributed by atoms with Crippen LogP contribution in [0.25, 0.3) is 10.6 Å². The molecule has 30 heavy (non-hydrogen) atoms. The van der Waals surface area contributed by atoms with Crippen LogP contribution < -0.4 is 15.4 Å². The van der Waals surface area contributed by atoms with Crippen LogP contribution in [0.15, 0.2) is 53.9 Å². The van der Waals surface area contributed by atoms with Crippen LogP contribution in [0.2, 0.25) is 0 Å². The zero-order valence-electron chi connectivity index (χ0n) is 16.7. The number of nitrogens with zero attached hydrogens (tertiary/aromatic N) is 1. The second-order valence-electron chi connectivity index (χ2n) is 7.15. The summed E-state index contributed by atoms with van der Waals surface area (Å²) >= 11 is 1.51. The number of carbonyl (C=O) groups excluding carboxylic acids is 2. The van der Waals surface area contributed by atoms with Gasteiger partial charge in [-0.25, -0.2) is 4.98 Å². The standard InChI is InChI=1S/C23H23N3O3S/c1-2-29-20-11-5-16(6-12-20)23-26-19(14-30-23)13-21(27)24-17-7-3-15(4-8-17)22(28)25-18-9-10-18/h3-8,11-12,14,18H,2,9-10,13H2,1H3,(H,24,27)(H,25,28). The van der Waals surface area contributed by atoms with E-state index in [1.165, 1.54) is 11.3 Å². The van der Waals surface area contributed by atoms with Gasteiger partial charge >= 0.3 is 0 Å². The molecular weight excluding hydrogens is 398 g/mol. The first-order valence-corrected chi connectivity index (χ1v) is 10.9. The van der Waals surface area contributed by atoms with E-state index in [0.717, 1.165) is 34.9 Å². The Balaban J connectivity index is 1.32. The number of carbonyl (C=O) groups is 2. The molecule has 1 aromatic heterocycles. The van der Waals surface area contributed by atoms with Crippen LogP contribution in [0.4, 0.5) is 5.69 Å². The van der Waals surface area contributed by atoms with Crippen LogP contribution >= 0.6 is 11.3 Å². The molecule has 2 N–H and O–H groups in total. The first-order valence-electron chi connectivity index (χ1n) is 9.99. The van der Waals surface area contributed by atoms with Crippen molar-refractivity contribution in [2.75, 3.05) is 11.9 Å². The summed E-state index contributed by atoms with van der Waals surface area (Å²) in [6.45, 7) is 2.58. The van der Waals surface area contributed by atoms with Crippen molar-refractivity contribution >= 4 is 28.8 Å². The molecule has 0 radical (unpaired) electrons. The van der Waals surface area contributed by atoms with E-state index in [1.807, 2.05) is 36.6 Å². The van der Waals surface area contributed by atoms with Crippen molar-refractivity contribution in [3.05, 3.63) is 65.2 Å². The average Bonchev–Trinajstić information content (AvgIpc) is 3.44. The Bertz CT molecular complexity index is 1020. The number of benzene rings is 2. The number of rotatable bonds is 8. The molecule has 2 amide bonds. The van der Waals surface area contributed by atoms with E-state index >= 15 is 0 Å². The van der Waals surface area contributed by atoms with Gasteiger partial charge in [-0.15, -0.1) is 11.3 Å². The van der Waals surface area contributed by atoms with Crippen molar-refractivity contribution in [3.8, 4) is 16.3 Å². The van der Waals surface area contributed by atoms with Gasteiger partial charge in [0.15, 0.2) is 0 Å². The van der Waals surface area contributed by atoms with Crippen molar-refractivity contribution in [1.29, 1.82) is 0 Å². The minimum atomic E-state index is -0.145. The summed E-state index contributed by atoms with van der Waals surface area (Å²) < 4.78 is 5.46. The molecule has 0 unspecified atom stereocenters. The Hall–Kier alpha value is -3.19. The fourth-order valence-corrected chi connectivity index (χ4v) is 3.78. The summed E-state index contributed by atoms with van der Waals surface area (Å²) in [5.41, 5.74) is 2.97. The number of anilines is 1. The van der Waals surface area contributed by atoms with E-state index in [2.05, 4.69) is 15.6 Å². The van der Waals surface area contributed by atoms with Gasteiger partial charge in [0.2, 0.25) is 5.91 Å². The fourth-order valence-electron chi connectivity index (χ4n) is 2.95. The molecule has 0 spiro atoms. The van der Waals surface area contributed by atoms with Crippen LogP contribution in [-0.2, 0) is 11.2 Å². The van der Waals surface area contributed by atoms with Crippen LogP contribution in [-0.4, -0.2) is 29.4 Å². The van der Waals surface area contributed by atoms with Gasteiger partial charge in [0.05, 0.1) is 18.7 Å². The highest BCUT2D eigenvalue weighted by Crippen LogP contribution is 2.26. The minimum Gasteiger partial charge on any atom is -0.494 e. The Kier molecular flexibility index (Phi) is 6.09. The monoisotopic (exact) mass is 421 g/mol. The number of aromatic nitrogens is 1. The zero-order valence-corrected chi connectivity index (χ0v) is 17.5. The average molecular weight is 422 g/mol. The molecule has 0 bridgehead atoms. The van der Waals surface area contributed by atoms with Crippen molar-refractivity contribution in [2.45, 2.75) is 32.2 Å². The first-order chi connectivity index (χ1) is 14.6. The molecule has 0 saturated heterocycles. The third kappa shape index (κ3) is 5.24. The number of amides is 2. The summed E-state index contributed by atoms with van der Waals surface area (Å²) in [4.78, 5) is 29.0. The Morgan fingerprint density at radius 2 is 1.83 bits per heavy atom. The van der Waals surface area contributed by atoms with Crippen LogP contribution in [0, 0.1) is 0 Å². The highest BCUT2D eigenvalue weighted by molar-refractivity contribution is 7.13. The lowest BCUT2D eigenvalue weighted by molar-refractivity contribution is -0.115. The fraction of sp³-hybridized carbons (Fsp3) is 0.261. The molecule has 1 saturated carbocycles. The number of nitrogens with one attached hydrogen (secondary N) is 2.